The van der Waals surface area contributed by atoms with Gasteiger partial charge in [-0.2, -0.15) is 5.10 Å². The van der Waals surface area contributed by atoms with Gasteiger partial charge in [-0.3, -0.25) is 9.58 Å². The number of ether oxygens (including phenoxy) is 1. The Bertz CT molecular complexity index is 589. The fourth-order valence-corrected chi connectivity index (χ4v) is 3.52. The molecule has 1 aromatic rings. The van der Waals surface area contributed by atoms with E-state index in [0.717, 1.165) is 37.1 Å². The van der Waals surface area contributed by atoms with E-state index in [0.29, 0.717) is 12.1 Å². The zero-order valence-corrected chi connectivity index (χ0v) is 15.8. The van der Waals surface area contributed by atoms with E-state index in [-0.39, 0.29) is 6.09 Å². The second kappa shape index (κ2) is 6.09. The Balaban J connectivity index is 1.50. The van der Waals surface area contributed by atoms with Crippen molar-refractivity contribution >= 4 is 22.0 Å². The molecule has 128 valence electrons. The average molecular weight is 385 g/mol. The van der Waals surface area contributed by atoms with E-state index in [4.69, 9.17) is 4.74 Å². The van der Waals surface area contributed by atoms with Crippen LogP contribution in [-0.4, -0.2) is 63.5 Å². The van der Waals surface area contributed by atoms with Gasteiger partial charge in [0, 0.05) is 37.9 Å². The van der Waals surface area contributed by atoms with E-state index in [2.05, 4.69) is 37.5 Å². The van der Waals surface area contributed by atoms with Crippen molar-refractivity contribution in [1.82, 2.24) is 19.6 Å². The van der Waals surface area contributed by atoms with Gasteiger partial charge < -0.3 is 9.64 Å². The third-order valence-corrected chi connectivity index (χ3v) is 5.33. The lowest BCUT2D eigenvalue weighted by atomic mass is 10.0. The molecule has 6 nitrogen and oxygen atoms in total. The van der Waals surface area contributed by atoms with Crippen LogP contribution >= 0.6 is 15.9 Å². The summed E-state index contributed by atoms with van der Waals surface area (Å²) in [4.78, 5) is 16.4. The second-order valence-electron chi connectivity index (χ2n) is 7.50. The van der Waals surface area contributed by atoms with Gasteiger partial charge in [-0.1, -0.05) is 0 Å². The lowest BCUT2D eigenvalue weighted by Gasteiger charge is -2.43. The number of likely N-dealkylation sites (tertiary alicyclic amines) is 2. The van der Waals surface area contributed by atoms with Crippen molar-refractivity contribution in [3.63, 3.8) is 0 Å². The molecule has 0 bridgehead atoms. The molecule has 2 aliphatic heterocycles. The molecule has 0 aromatic carbocycles. The Kier molecular flexibility index (Phi) is 4.44. The molecule has 0 spiro atoms. The van der Waals surface area contributed by atoms with Crippen molar-refractivity contribution in [2.75, 3.05) is 26.2 Å². The summed E-state index contributed by atoms with van der Waals surface area (Å²) in [5.41, 5.74) is 0.749. The molecule has 23 heavy (non-hydrogen) atoms. The van der Waals surface area contributed by atoms with Crippen molar-refractivity contribution in [3.05, 3.63) is 16.4 Å². The summed E-state index contributed by atoms with van der Waals surface area (Å²) >= 11 is 3.51. The maximum atomic E-state index is 12.1. The van der Waals surface area contributed by atoms with Crippen LogP contribution in [0.1, 0.15) is 38.9 Å². The quantitative estimate of drug-likeness (QED) is 0.786. The molecule has 7 heteroatoms. The normalized spacial score (nSPS) is 23.2. The third-order valence-electron chi connectivity index (χ3n) is 4.55. The molecule has 0 aliphatic carbocycles. The molecule has 1 atom stereocenters. The summed E-state index contributed by atoms with van der Waals surface area (Å²) in [6.07, 6.45) is 2.69. The SMILES string of the molecule is Cc1c(Br)cnn1C1CN([C@H]2CCN(C(=O)OC(C)(C)C)C2)C1. The standard InChI is InChI=1S/C16H25BrN4O2/c1-11-14(17)7-18-21(11)13-9-20(10-13)12-5-6-19(8-12)15(22)23-16(2,3)4/h7,12-13H,5-6,8-10H2,1-4H3/t12-/m0/s1. The largest absolute Gasteiger partial charge is 0.444 e. The molecule has 2 aliphatic rings. The first-order valence-electron chi connectivity index (χ1n) is 8.16. The predicted molar refractivity (Wildman–Crippen MR) is 91.5 cm³/mol. The molecular weight excluding hydrogens is 360 g/mol. The number of amides is 1. The molecule has 3 heterocycles. The van der Waals surface area contributed by atoms with Gasteiger partial charge in [0.15, 0.2) is 0 Å². The van der Waals surface area contributed by atoms with Crippen molar-refractivity contribution in [1.29, 1.82) is 0 Å². The highest BCUT2D eigenvalue weighted by atomic mass is 79.9. The van der Waals surface area contributed by atoms with Crippen LogP contribution in [0, 0.1) is 6.92 Å². The minimum atomic E-state index is -0.429. The molecule has 2 fully saturated rings. The summed E-state index contributed by atoms with van der Waals surface area (Å²) in [7, 11) is 0. The van der Waals surface area contributed by atoms with Crippen LogP contribution < -0.4 is 0 Å². The number of halogens is 1. The topological polar surface area (TPSA) is 50.6 Å². The maximum Gasteiger partial charge on any atom is 0.410 e. The number of carbonyl (C=O) groups excluding carboxylic acids is 1. The van der Waals surface area contributed by atoms with E-state index < -0.39 is 5.60 Å². The zero-order chi connectivity index (χ0) is 16.8. The number of aromatic nitrogens is 2. The highest BCUT2D eigenvalue weighted by Gasteiger charge is 2.39. The average Bonchev–Trinajstić information content (AvgIpc) is 2.97. The molecule has 0 N–H and O–H groups in total. The van der Waals surface area contributed by atoms with E-state index >= 15 is 0 Å². The first-order chi connectivity index (χ1) is 10.7. The van der Waals surface area contributed by atoms with Crippen molar-refractivity contribution in [2.24, 2.45) is 0 Å². The Morgan fingerprint density at radius 2 is 2.00 bits per heavy atom. The summed E-state index contributed by atoms with van der Waals surface area (Å²) in [6, 6.07) is 0.884. The van der Waals surface area contributed by atoms with E-state index in [1.165, 1.54) is 5.69 Å². The number of carbonyl (C=O) groups is 1. The minimum absolute atomic E-state index is 0.191. The first-order valence-corrected chi connectivity index (χ1v) is 8.95. The van der Waals surface area contributed by atoms with Gasteiger partial charge >= 0.3 is 6.09 Å². The van der Waals surface area contributed by atoms with E-state index in [1.807, 2.05) is 31.9 Å². The lowest BCUT2D eigenvalue weighted by molar-refractivity contribution is 0.0232. The Hall–Kier alpha value is -1.08. The van der Waals surface area contributed by atoms with Crippen molar-refractivity contribution in [2.45, 2.75) is 51.8 Å². The number of hydrogen-bond donors (Lipinski definition) is 0. The maximum absolute atomic E-state index is 12.1. The number of nitrogens with zero attached hydrogens (tertiary/aromatic N) is 4. The van der Waals surface area contributed by atoms with E-state index in [1.54, 1.807) is 0 Å². The van der Waals surface area contributed by atoms with Gasteiger partial charge in [0.25, 0.3) is 0 Å². The van der Waals surface area contributed by atoms with Crippen LogP contribution in [0.15, 0.2) is 10.7 Å². The smallest absolute Gasteiger partial charge is 0.410 e. The highest BCUT2D eigenvalue weighted by Crippen LogP contribution is 2.30. The van der Waals surface area contributed by atoms with Crippen LogP contribution in [0.4, 0.5) is 4.79 Å². The molecule has 3 rings (SSSR count). The molecule has 2 saturated heterocycles. The van der Waals surface area contributed by atoms with Gasteiger partial charge in [-0.25, -0.2) is 4.79 Å². The minimum Gasteiger partial charge on any atom is -0.444 e. The van der Waals surface area contributed by atoms with Gasteiger partial charge in [0.05, 0.1) is 16.7 Å². The van der Waals surface area contributed by atoms with Gasteiger partial charge in [0.1, 0.15) is 5.60 Å². The highest BCUT2D eigenvalue weighted by molar-refractivity contribution is 9.10. The summed E-state index contributed by atoms with van der Waals surface area (Å²) in [5.74, 6) is 0. The summed E-state index contributed by atoms with van der Waals surface area (Å²) < 4.78 is 8.62. The Labute approximate surface area is 145 Å². The molecular formula is C16H25BrN4O2. The fraction of sp³-hybridized carbons (Fsp3) is 0.750. The monoisotopic (exact) mass is 384 g/mol. The van der Waals surface area contributed by atoms with Crippen LogP contribution in [0.2, 0.25) is 0 Å². The molecule has 1 aromatic heterocycles. The van der Waals surface area contributed by atoms with Crippen LogP contribution in [0.3, 0.4) is 0 Å². The number of rotatable bonds is 2. The van der Waals surface area contributed by atoms with Crippen LogP contribution in [0.25, 0.3) is 0 Å². The Morgan fingerprint density at radius 1 is 1.30 bits per heavy atom. The van der Waals surface area contributed by atoms with Crippen molar-refractivity contribution < 1.29 is 9.53 Å². The first kappa shape index (κ1) is 16.8. The zero-order valence-electron chi connectivity index (χ0n) is 14.3. The molecule has 0 radical (unpaired) electrons. The lowest BCUT2D eigenvalue weighted by Crippen LogP contribution is -2.54. The fourth-order valence-electron chi connectivity index (χ4n) is 3.24. The molecule has 0 unspecified atom stereocenters. The van der Waals surface area contributed by atoms with Crippen LogP contribution in [0.5, 0.6) is 0 Å². The Morgan fingerprint density at radius 3 is 2.57 bits per heavy atom. The predicted octanol–water partition coefficient (Wildman–Crippen LogP) is 2.82. The van der Waals surface area contributed by atoms with Gasteiger partial charge in [0.2, 0.25) is 0 Å². The second-order valence-corrected chi connectivity index (χ2v) is 8.35. The van der Waals surface area contributed by atoms with E-state index in [9.17, 15) is 4.79 Å². The third kappa shape index (κ3) is 3.55. The number of hydrogen-bond acceptors (Lipinski definition) is 4. The summed E-state index contributed by atoms with van der Waals surface area (Å²) in [6.45, 7) is 11.4. The van der Waals surface area contributed by atoms with Gasteiger partial charge in [-0.15, -0.1) is 0 Å². The molecule has 1 amide bonds. The van der Waals surface area contributed by atoms with Gasteiger partial charge in [-0.05, 0) is 50.0 Å². The molecule has 0 saturated carbocycles. The summed E-state index contributed by atoms with van der Waals surface area (Å²) in [5, 5.41) is 4.44. The van der Waals surface area contributed by atoms with Crippen molar-refractivity contribution in [3.8, 4) is 0 Å². The van der Waals surface area contributed by atoms with Crippen LogP contribution in [-0.2, 0) is 4.74 Å².